The Kier molecular flexibility index (Phi) is 3.49. The molecule has 2 atom stereocenters. The van der Waals surface area contributed by atoms with Crippen molar-refractivity contribution < 1.29 is 4.39 Å². The van der Waals surface area contributed by atoms with E-state index in [0.717, 1.165) is 30.8 Å². The molecule has 6 nitrogen and oxygen atoms in total. The summed E-state index contributed by atoms with van der Waals surface area (Å²) in [5.41, 5.74) is 2.37. The second kappa shape index (κ2) is 5.88. The van der Waals surface area contributed by atoms with Crippen LogP contribution in [0.1, 0.15) is 12.0 Å². The molecule has 0 saturated carbocycles. The second-order valence-electron chi connectivity index (χ2n) is 6.97. The number of piperazine rings is 1. The summed E-state index contributed by atoms with van der Waals surface area (Å²) in [7, 11) is 0. The Hall–Kier alpha value is -2.80. The molecule has 0 radical (unpaired) electrons. The number of rotatable bonds is 3. The standard InChI is InChI=1S/C19H19FN6/c1-11-3-2-4-14(17(11)20)24-19-18-15(22-10-23-19)5-6-16(25-18)26-9-12-7-13(26)8-21-12/h2-6,10,12-13,21H,7-9H2,1H3,(H,22,23,24)/t12-,13-/m0/s1. The lowest BCUT2D eigenvalue weighted by Crippen LogP contribution is -2.44. The summed E-state index contributed by atoms with van der Waals surface area (Å²) in [5.74, 6) is 1.16. The van der Waals surface area contributed by atoms with Crippen LogP contribution in [0.2, 0.25) is 0 Å². The highest BCUT2D eigenvalue weighted by molar-refractivity contribution is 5.88. The van der Waals surface area contributed by atoms with Crippen LogP contribution in [0.25, 0.3) is 11.0 Å². The number of nitrogens with zero attached hydrogens (tertiary/aromatic N) is 4. The number of hydrogen-bond acceptors (Lipinski definition) is 6. The minimum absolute atomic E-state index is 0.279. The van der Waals surface area contributed by atoms with Crippen molar-refractivity contribution in [1.82, 2.24) is 20.3 Å². The predicted molar refractivity (Wildman–Crippen MR) is 99.3 cm³/mol. The Labute approximate surface area is 150 Å². The number of aryl methyl sites for hydroxylation is 1. The van der Waals surface area contributed by atoms with Crippen LogP contribution >= 0.6 is 0 Å². The van der Waals surface area contributed by atoms with Crippen molar-refractivity contribution >= 4 is 28.4 Å². The van der Waals surface area contributed by atoms with E-state index in [2.05, 4.69) is 25.5 Å². The zero-order valence-electron chi connectivity index (χ0n) is 14.4. The first-order valence-corrected chi connectivity index (χ1v) is 8.83. The SMILES string of the molecule is Cc1cccc(Nc2ncnc3ccc(N4C[C@@H]5C[C@H]4CN5)nc23)c1F. The Morgan fingerprint density at radius 3 is 2.96 bits per heavy atom. The van der Waals surface area contributed by atoms with Gasteiger partial charge in [-0.1, -0.05) is 12.1 Å². The number of pyridine rings is 1. The molecule has 2 aliphatic heterocycles. The largest absolute Gasteiger partial charge is 0.351 e. The van der Waals surface area contributed by atoms with E-state index in [-0.39, 0.29) is 5.82 Å². The Balaban J connectivity index is 1.55. The van der Waals surface area contributed by atoms with E-state index in [9.17, 15) is 4.39 Å². The van der Waals surface area contributed by atoms with Crippen molar-refractivity contribution in [2.45, 2.75) is 25.4 Å². The van der Waals surface area contributed by atoms with Gasteiger partial charge < -0.3 is 15.5 Å². The van der Waals surface area contributed by atoms with Gasteiger partial charge in [0.2, 0.25) is 0 Å². The van der Waals surface area contributed by atoms with E-state index in [0.29, 0.717) is 34.7 Å². The molecule has 5 rings (SSSR count). The summed E-state index contributed by atoms with van der Waals surface area (Å²) in [4.78, 5) is 15.8. The molecule has 2 fully saturated rings. The lowest BCUT2D eigenvalue weighted by molar-refractivity contribution is 0.577. The van der Waals surface area contributed by atoms with Crippen molar-refractivity contribution in [2.24, 2.45) is 0 Å². The number of aromatic nitrogens is 3. The number of nitrogens with one attached hydrogen (secondary N) is 2. The zero-order valence-corrected chi connectivity index (χ0v) is 14.4. The fraction of sp³-hybridized carbons (Fsp3) is 0.316. The van der Waals surface area contributed by atoms with E-state index in [1.807, 2.05) is 18.2 Å². The van der Waals surface area contributed by atoms with Crippen LogP contribution in [0.3, 0.4) is 0 Å². The molecule has 0 amide bonds. The second-order valence-corrected chi connectivity index (χ2v) is 6.97. The number of benzene rings is 1. The third kappa shape index (κ3) is 2.47. The smallest absolute Gasteiger partial charge is 0.160 e. The normalized spacial score (nSPS) is 21.5. The van der Waals surface area contributed by atoms with Gasteiger partial charge in [0.25, 0.3) is 0 Å². The van der Waals surface area contributed by atoms with E-state index >= 15 is 0 Å². The van der Waals surface area contributed by atoms with E-state index in [4.69, 9.17) is 4.98 Å². The Morgan fingerprint density at radius 2 is 2.15 bits per heavy atom. The highest BCUT2D eigenvalue weighted by atomic mass is 19.1. The van der Waals surface area contributed by atoms with Gasteiger partial charge in [-0.3, -0.25) is 0 Å². The van der Waals surface area contributed by atoms with Gasteiger partial charge in [-0.15, -0.1) is 0 Å². The van der Waals surface area contributed by atoms with Crippen LogP contribution in [0.5, 0.6) is 0 Å². The summed E-state index contributed by atoms with van der Waals surface area (Å²) >= 11 is 0. The first-order valence-electron chi connectivity index (χ1n) is 8.83. The van der Waals surface area contributed by atoms with Gasteiger partial charge in [-0.25, -0.2) is 19.3 Å². The van der Waals surface area contributed by atoms with E-state index in [1.54, 1.807) is 19.1 Å². The Bertz CT molecular complexity index is 991. The van der Waals surface area contributed by atoms with Crippen LogP contribution in [0.4, 0.5) is 21.7 Å². The van der Waals surface area contributed by atoms with Crippen molar-refractivity contribution in [3.05, 3.63) is 48.0 Å². The molecule has 132 valence electrons. The topological polar surface area (TPSA) is 66.0 Å². The summed E-state index contributed by atoms with van der Waals surface area (Å²) in [6.07, 6.45) is 2.63. The molecule has 1 aromatic carbocycles. The number of anilines is 3. The maximum Gasteiger partial charge on any atom is 0.160 e. The van der Waals surface area contributed by atoms with Crippen molar-refractivity contribution in [1.29, 1.82) is 0 Å². The molecule has 3 aromatic rings. The molecular weight excluding hydrogens is 331 g/mol. The van der Waals surface area contributed by atoms with Crippen LogP contribution < -0.4 is 15.5 Å². The maximum absolute atomic E-state index is 14.4. The average molecular weight is 350 g/mol. The van der Waals surface area contributed by atoms with Crippen LogP contribution in [-0.2, 0) is 0 Å². The average Bonchev–Trinajstić information content (AvgIpc) is 3.29. The molecule has 0 aliphatic carbocycles. The molecule has 7 heteroatoms. The molecule has 4 heterocycles. The zero-order chi connectivity index (χ0) is 17.7. The van der Waals surface area contributed by atoms with Gasteiger partial charge in [0, 0.05) is 25.2 Å². The third-order valence-electron chi connectivity index (χ3n) is 5.26. The fourth-order valence-electron chi connectivity index (χ4n) is 3.89. The van der Waals surface area contributed by atoms with Gasteiger partial charge in [-0.2, -0.15) is 0 Å². The summed E-state index contributed by atoms with van der Waals surface area (Å²) in [6, 6.07) is 10.3. The molecular formula is C19H19FN6. The van der Waals surface area contributed by atoms with E-state index in [1.165, 1.54) is 6.33 Å². The van der Waals surface area contributed by atoms with Gasteiger partial charge in [0.1, 0.15) is 23.5 Å². The minimum Gasteiger partial charge on any atom is -0.351 e. The summed E-state index contributed by atoms with van der Waals surface area (Å²) in [5, 5.41) is 6.59. The van der Waals surface area contributed by atoms with Gasteiger partial charge in [-0.05, 0) is 37.1 Å². The quantitative estimate of drug-likeness (QED) is 0.757. The first-order chi connectivity index (χ1) is 12.7. The maximum atomic E-state index is 14.4. The van der Waals surface area contributed by atoms with Crippen molar-refractivity contribution in [3.63, 3.8) is 0 Å². The van der Waals surface area contributed by atoms with Crippen LogP contribution in [0, 0.1) is 12.7 Å². The monoisotopic (exact) mass is 350 g/mol. The number of hydrogen-bond donors (Lipinski definition) is 2. The molecule has 26 heavy (non-hydrogen) atoms. The van der Waals surface area contributed by atoms with Crippen LogP contribution in [-0.4, -0.2) is 40.1 Å². The summed E-state index contributed by atoms with van der Waals surface area (Å²) in [6.45, 7) is 3.70. The molecule has 2 N–H and O–H groups in total. The van der Waals surface area contributed by atoms with Gasteiger partial charge in [0.15, 0.2) is 5.82 Å². The number of fused-ring (bicyclic) bond motifs is 3. The van der Waals surface area contributed by atoms with E-state index < -0.39 is 0 Å². The van der Waals surface area contributed by atoms with Crippen LogP contribution in [0.15, 0.2) is 36.7 Å². The van der Waals surface area contributed by atoms with Gasteiger partial charge >= 0.3 is 0 Å². The minimum atomic E-state index is -0.279. The first kappa shape index (κ1) is 15.5. The molecule has 2 aromatic heterocycles. The highest BCUT2D eigenvalue weighted by Gasteiger charge is 2.38. The highest BCUT2D eigenvalue weighted by Crippen LogP contribution is 2.31. The lowest BCUT2D eigenvalue weighted by atomic mass is 10.2. The van der Waals surface area contributed by atoms with Gasteiger partial charge in [0.05, 0.1) is 11.2 Å². The Morgan fingerprint density at radius 1 is 1.23 bits per heavy atom. The summed E-state index contributed by atoms with van der Waals surface area (Å²) < 4.78 is 14.4. The molecule has 0 spiro atoms. The molecule has 2 aliphatic rings. The number of halogens is 1. The predicted octanol–water partition coefficient (Wildman–Crippen LogP) is 2.77. The molecule has 2 bridgehead atoms. The van der Waals surface area contributed by atoms with Crippen molar-refractivity contribution in [3.8, 4) is 0 Å². The molecule has 2 saturated heterocycles. The fourth-order valence-corrected chi connectivity index (χ4v) is 3.89. The third-order valence-corrected chi connectivity index (χ3v) is 5.26. The molecule has 0 unspecified atom stereocenters. The van der Waals surface area contributed by atoms with Crippen molar-refractivity contribution in [2.75, 3.05) is 23.3 Å². The lowest BCUT2D eigenvalue weighted by Gasteiger charge is -2.28.